The van der Waals surface area contributed by atoms with Crippen LogP contribution in [0.4, 0.5) is 5.69 Å². The van der Waals surface area contributed by atoms with Crippen LogP contribution >= 0.6 is 23.2 Å². The molecular weight excluding hydrogens is 395 g/mol. The minimum Gasteiger partial charge on any atom is -0.437 e. The van der Waals surface area contributed by atoms with E-state index in [1.165, 1.54) is 22.8 Å². The summed E-state index contributed by atoms with van der Waals surface area (Å²) >= 11 is 12.1. The lowest BCUT2D eigenvalue weighted by atomic mass is 10.0. The molecule has 1 aliphatic rings. The number of aryl methyl sites for hydroxylation is 1. The van der Waals surface area contributed by atoms with Crippen LogP contribution < -0.4 is 10.1 Å². The van der Waals surface area contributed by atoms with E-state index in [2.05, 4.69) is 23.3 Å². The minimum atomic E-state index is -0.353. The predicted octanol–water partition coefficient (Wildman–Crippen LogP) is 6.23. The van der Waals surface area contributed by atoms with Gasteiger partial charge in [-0.2, -0.15) is 0 Å². The molecular formula is C22H18Cl2N2O2. The average Bonchev–Trinajstić information content (AvgIpc) is 3.16. The molecule has 1 amide bonds. The third-order valence-electron chi connectivity index (χ3n) is 4.88. The van der Waals surface area contributed by atoms with Crippen molar-refractivity contribution in [3.8, 4) is 11.6 Å². The number of carbonyl (C=O) groups excluding carboxylic acids is 1. The molecule has 0 unspecified atom stereocenters. The molecule has 1 N–H and O–H groups in total. The molecule has 0 radical (unpaired) electrons. The molecule has 28 heavy (non-hydrogen) atoms. The molecule has 1 aromatic heterocycles. The highest BCUT2D eigenvalue weighted by Crippen LogP contribution is 2.37. The number of ether oxygens (including phenoxy) is 1. The first-order chi connectivity index (χ1) is 13.5. The number of aromatic nitrogens is 1. The number of amides is 1. The van der Waals surface area contributed by atoms with Gasteiger partial charge in [-0.25, -0.2) is 4.98 Å². The summed E-state index contributed by atoms with van der Waals surface area (Å²) in [6, 6.07) is 12.3. The smallest absolute Gasteiger partial charge is 0.257 e. The molecule has 6 heteroatoms. The maximum atomic E-state index is 12.7. The Balaban J connectivity index is 1.61. The number of nitrogens with zero attached hydrogens (tertiary/aromatic N) is 1. The second-order valence-electron chi connectivity index (χ2n) is 6.73. The van der Waals surface area contributed by atoms with Crippen LogP contribution in [-0.4, -0.2) is 10.9 Å². The molecule has 4 rings (SSSR count). The van der Waals surface area contributed by atoms with Gasteiger partial charge in [0.25, 0.3) is 5.91 Å². The molecule has 0 spiro atoms. The Bertz CT molecular complexity index is 1070. The highest BCUT2D eigenvalue weighted by Gasteiger charge is 2.20. The topological polar surface area (TPSA) is 51.2 Å². The lowest BCUT2D eigenvalue weighted by Crippen LogP contribution is -2.13. The molecule has 142 valence electrons. The lowest BCUT2D eigenvalue weighted by Gasteiger charge is -2.15. The number of hydrogen-bond acceptors (Lipinski definition) is 3. The Morgan fingerprint density at radius 3 is 2.75 bits per heavy atom. The number of pyridine rings is 1. The standard InChI is InChI=1S/C22H18Cl2N2O2/c1-13-7-10-20(16-5-2-4-15(13)16)28-22-19(6-3-11-25-22)26-21(27)17-9-8-14(23)12-18(17)24/h3,6-12H,2,4-5H2,1H3,(H,26,27). The van der Waals surface area contributed by atoms with Crippen molar-refractivity contribution in [2.45, 2.75) is 26.2 Å². The maximum absolute atomic E-state index is 12.7. The number of carbonyl (C=O) groups is 1. The van der Waals surface area contributed by atoms with Crippen LogP contribution in [-0.2, 0) is 12.8 Å². The van der Waals surface area contributed by atoms with Gasteiger partial charge in [0.15, 0.2) is 0 Å². The molecule has 0 bridgehead atoms. The fraction of sp³-hybridized carbons (Fsp3) is 0.182. The number of nitrogens with one attached hydrogen (secondary N) is 1. The van der Waals surface area contributed by atoms with Gasteiger partial charge in [0, 0.05) is 11.2 Å². The fourth-order valence-electron chi connectivity index (χ4n) is 3.48. The van der Waals surface area contributed by atoms with Gasteiger partial charge in [0.2, 0.25) is 5.88 Å². The van der Waals surface area contributed by atoms with Crippen LogP contribution in [0, 0.1) is 6.92 Å². The zero-order valence-electron chi connectivity index (χ0n) is 15.3. The summed E-state index contributed by atoms with van der Waals surface area (Å²) in [5.74, 6) is 0.782. The van der Waals surface area contributed by atoms with E-state index in [1.807, 2.05) is 6.07 Å². The fourth-order valence-corrected chi connectivity index (χ4v) is 3.98. The highest BCUT2D eigenvalue weighted by atomic mass is 35.5. The summed E-state index contributed by atoms with van der Waals surface area (Å²) in [6.07, 6.45) is 4.81. The Kier molecular flexibility index (Phi) is 5.25. The zero-order chi connectivity index (χ0) is 19.7. The Morgan fingerprint density at radius 2 is 1.93 bits per heavy atom. The Labute approximate surface area is 173 Å². The molecule has 3 aromatic rings. The Hall–Kier alpha value is -2.56. The normalized spacial score (nSPS) is 12.5. The first-order valence-corrected chi connectivity index (χ1v) is 9.79. The zero-order valence-corrected chi connectivity index (χ0v) is 16.8. The molecule has 4 nitrogen and oxygen atoms in total. The van der Waals surface area contributed by atoms with Crippen LogP contribution in [0.5, 0.6) is 11.6 Å². The minimum absolute atomic E-state index is 0.285. The van der Waals surface area contributed by atoms with Gasteiger partial charge in [-0.05, 0) is 79.3 Å². The number of halogens is 2. The largest absolute Gasteiger partial charge is 0.437 e. The van der Waals surface area contributed by atoms with Crippen molar-refractivity contribution in [2.75, 3.05) is 5.32 Å². The van der Waals surface area contributed by atoms with Gasteiger partial charge in [-0.15, -0.1) is 0 Å². The first kappa shape index (κ1) is 18.8. The van der Waals surface area contributed by atoms with E-state index in [0.717, 1.165) is 25.0 Å². The highest BCUT2D eigenvalue weighted by molar-refractivity contribution is 6.37. The molecule has 0 atom stereocenters. The summed E-state index contributed by atoms with van der Waals surface area (Å²) in [5.41, 5.74) is 4.67. The lowest BCUT2D eigenvalue weighted by molar-refractivity contribution is 0.102. The van der Waals surface area contributed by atoms with Gasteiger partial charge in [0.05, 0.1) is 10.6 Å². The molecule has 1 heterocycles. The average molecular weight is 413 g/mol. The molecule has 0 saturated heterocycles. The van der Waals surface area contributed by atoms with Crippen molar-refractivity contribution < 1.29 is 9.53 Å². The second kappa shape index (κ2) is 7.82. The van der Waals surface area contributed by atoms with E-state index in [0.29, 0.717) is 22.2 Å². The van der Waals surface area contributed by atoms with Gasteiger partial charge >= 0.3 is 0 Å². The predicted molar refractivity (Wildman–Crippen MR) is 112 cm³/mol. The van der Waals surface area contributed by atoms with Gasteiger partial charge in [-0.1, -0.05) is 29.3 Å². The Morgan fingerprint density at radius 1 is 1.11 bits per heavy atom. The van der Waals surface area contributed by atoms with E-state index >= 15 is 0 Å². The third-order valence-corrected chi connectivity index (χ3v) is 5.43. The van der Waals surface area contributed by atoms with Gasteiger partial charge in [0.1, 0.15) is 11.4 Å². The van der Waals surface area contributed by atoms with Crippen LogP contribution in [0.3, 0.4) is 0 Å². The van der Waals surface area contributed by atoms with Crippen molar-refractivity contribution in [2.24, 2.45) is 0 Å². The van der Waals surface area contributed by atoms with Gasteiger partial charge < -0.3 is 10.1 Å². The summed E-state index contributed by atoms with van der Waals surface area (Å²) in [7, 11) is 0. The number of anilines is 1. The van der Waals surface area contributed by atoms with Crippen molar-refractivity contribution >= 4 is 34.8 Å². The summed E-state index contributed by atoms with van der Waals surface area (Å²) < 4.78 is 6.11. The van der Waals surface area contributed by atoms with Crippen LogP contribution in [0.25, 0.3) is 0 Å². The number of benzene rings is 2. The van der Waals surface area contributed by atoms with E-state index in [4.69, 9.17) is 27.9 Å². The third kappa shape index (κ3) is 3.71. The number of hydrogen-bond donors (Lipinski definition) is 1. The monoisotopic (exact) mass is 412 g/mol. The SMILES string of the molecule is Cc1ccc(Oc2ncccc2NC(=O)c2ccc(Cl)cc2Cl)c2c1CCC2. The number of fused-ring (bicyclic) bond motifs is 1. The maximum Gasteiger partial charge on any atom is 0.257 e. The summed E-state index contributed by atoms with van der Waals surface area (Å²) in [4.78, 5) is 17.0. The molecule has 0 saturated carbocycles. The summed E-state index contributed by atoms with van der Waals surface area (Å²) in [6.45, 7) is 2.12. The van der Waals surface area contributed by atoms with Gasteiger partial charge in [-0.3, -0.25) is 4.79 Å². The van der Waals surface area contributed by atoms with Crippen molar-refractivity contribution in [1.82, 2.24) is 4.98 Å². The van der Waals surface area contributed by atoms with Crippen molar-refractivity contribution in [3.63, 3.8) is 0 Å². The van der Waals surface area contributed by atoms with E-state index in [9.17, 15) is 4.79 Å². The second-order valence-corrected chi connectivity index (χ2v) is 7.57. The van der Waals surface area contributed by atoms with Crippen LogP contribution in [0.2, 0.25) is 10.0 Å². The van der Waals surface area contributed by atoms with Crippen LogP contribution in [0.15, 0.2) is 48.7 Å². The van der Waals surface area contributed by atoms with Crippen molar-refractivity contribution in [3.05, 3.63) is 81.0 Å². The van der Waals surface area contributed by atoms with E-state index < -0.39 is 0 Å². The summed E-state index contributed by atoms with van der Waals surface area (Å²) in [5, 5.41) is 3.59. The molecule has 1 aliphatic carbocycles. The van der Waals surface area contributed by atoms with E-state index in [-0.39, 0.29) is 10.9 Å². The van der Waals surface area contributed by atoms with Crippen molar-refractivity contribution in [1.29, 1.82) is 0 Å². The quantitative estimate of drug-likeness (QED) is 0.552. The van der Waals surface area contributed by atoms with Crippen LogP contribution in [0.1, 0.15) is 33.5 Å². The first-order valence-electron chi connectivity index (χ1n) is 9.03. The molecule has 0 fully saturated rings. The number of rotatable bonds is 4. The molecule has 2 aromatic carbocycles. The molecule has 0 aliphatic heterocycles. The van der Waals surface area contributed by atoms with E-state index in [1.54, 1.807) is 30.5 Å².